The first-order valence-electron chi connectivity index (χ1n) is 8.20. The molecule has 4 rings (SSSR count). The summed E-state index contributed by atoms with van der Waals surface area (Å²) < 4.78 is 40.2. The Morgan fingerprint density at radius 2 is 1.78 bits per heavy atom. The van der Waals surface area contributed by atoms with Crippen LogP contribution < -0.4 is 5.56 Å². The number of nitrogens with one attached hydrogen (secondary N) is 1. The summed E-state index contributed by atoms with van der Waals surface area (Å²) in [7, 11) is 0. The van der Waals surface area contributed by atoms with Gasteiger partial charge in [0.05, 0.1) is 16.8 Å². The van der Waals surface area contributed by atoms with E-state index in [0.29, 0.717) is 16.9 Å². The van der Waals surface area contributed by atoms with E-state index in [4.69, 9.17) is 0 Å². The van der Waals surface area contributed by atoms with E-state index in [1.165, 1.54) is 24.4 Å². The van der Waals surface area contributed by atoms with Crippen LogP contribution in [0.3, 0.4) is 0 Å². The Hall–Kier alpha value is -3.35. The van der Waals surface area contributed by atoms with E-state index < -0.39 is 11.7 Å². The van der Waals surface area contributed by atoms with Crippen LogP contribution in [0.5, 0.6) is 0 Å². The van der Waals surface area contributed by atoms with Crippen LogP contribution in [0.15, 0.2) is 65.6 Å². The second kappa shape index (κ2) is 6.12. The number of rotatable bonds is 2. The number of fused-ring (bicyclic) bond motifs is 1. The molecule has 136 valence electrons. The molecular formula is C20H14F3N3O. The molecule has 0 bridgehead atoms. The molecule has 4 aromatic rings. The van der Waals surface area contributed by atoms with Gasteiger partial charge in [0.25, 0.3) is 0 Å². The molecule has 4 nitrogen and oxygen atoms in total. The number of halogens is 3. The van der Waals surface area contributed by atoms with Crippen molar-refractivity contribution >= 4 is 10.9 Å². The number of aryl methyl sites for hydroxylation is 1. The Morgan fingerprint density at radius 1 is 1.04 bits per heavy atom. The number of H-pyrrole nitrogens is 1. The van der Waals surface area contributed by atoms with Crippen LogP contribution in [-0.4, -0.2) is 14.8 Å². The van der Waals surface area contributed by atoms with E-state index in [0.717, 1.165) is 28.6 Å². The molecule has 0 saturated heterocycles. The van der Waals surface area contributed by atoms with Crippen molar-refractivity contribution in [3.8, 4) is 16.9 Å². The molecule has 0 spiro atoms. The summed E-state index contributed by atoms with van der Waals surface area (Å²) in [5.41, 5.74) is 2.49. The maximum atomic E-state index is 12.8. The topological polar surface area (TPSA) is 50.7 Å². The second-order valence-corrected chi connectivity index (χ2v) is 6.22. The molecule has 0 aliphatic heterocycles. The third-order valence-electron chi connectivity index (χ3n) is 4.39. The zero-order valence-electron chi connectivity index (χ0n) is 14.2. The van der Waals surface area contributed by atoms with Crippen molar-refractivity contribution in [1.29, 1.82) is 0 Å². The first kappa shape index (κ1) is 17.1. The third-order valence-corrected chi connectivity index (χ3v) is 4.39. The van der Waals surface area contributed by atoms with E-state index in [1.807, 2.05) is 25.1 Å². The highest BCUT2D eigenvalue weighted by Crippen LogP contribution is 2.33. The summed E-state index contributed by atoms with van der Waals surface area (Å²) in [5.74, 6) is 0. The average Bonchev–Trinajstić information content (AvgIpc) is 3.02. The Kier molecular flexibility index (Phi) is 3.87. The lowest BCUT2D eigenvalue weighted by Crippen LogP contribution is -2.05. The number of nitrogens with zero attached hydrogens (tertiary/aromatic N) is 2. The molecule has 0 unspecified atom stereocenters. The lowest BCUT2D eigenvalue weighted by molar-refractivity contribution is -0.137. The van der Waals surface area contributed by atoms with Crippen LogP contribution in [0.1, 0.15) is 11.1 Å². The molecule has 0 fully saturated rings. The van der Waals surface area contributed by atoms with Gasteiger partial charge >= 0.3 is 6.18 Å². The van der Waals surface area contributed by atoms with Gasteiger partial charge in [-0.05, 0) is 42.8 Å². The van der Waals surface area contributed by atoms with E-state index in [2.05, 4.69) is 10.1 Å². The van der Waals surface area contributed by atoms with Crippen molar-refractivity contribution in [2.75, 3.05) is 0 Å². The lowest BCUT2D eigenvalue weighted by Gasteiger charge is -2.09. The van der Waals surface area contributed by atoms with E-state index in [-0.39, 0.29) is 5.56 Å². The van der Waals surface area contributed by atoms with E-state index in [1.54, 1.807) is 10.7 Å². The molecule has 0 radical (unpaired) electrons. The smallest absolute Gasteiger partial charge is 0.329 e. The number of hydrogen-bond donors (Lipinski definition) is 1. The number of aromatic amines is 1. The Labute approximate surface area is 151 Å². The van der Waals surface area contributed by atoms with Crippen molar-refractivity contribution in [3.05, 3.63) is 82.3 Å². The SMILES string of the molecule is Cc1cccc2c(-c3cc[nH]c(=O)c3)nn(-c3ccc(C(F)(F)F)cc3)c12. The summed E-state index contributed by atoms with van der Waals surface area (Å²) in [6, 6.07) is 13.7. The fourth-order valence-electron chi connectivity index (χ4n) is 3.12. The standard InChI is InChI=1S/C20H14F3N3O/c1-12-3-2-4-16-18(13-9-10-24-17(27)11-13)25-26(19(12)16)15-7-5-14(6-8-15)20(21,22)23/h2-11H,1H3,(H,24,27). The molecule has 0 aliphatic carbocycles. The Morgan fingerprint density at radius 3 is 2.44 bits per heavy atom. The van der Waals surface area contributed by atoms with Gasteiger partial charge in [0.15, 0.2) is 0 Å². The minimum absolute atomic E-state index is 0.252. The Balaban J connectivity index is 1.95. The number of hydrogen-bond acceptors (Lipinski definition) is 2. The highest BCUT2D eigenvalue weighted by Gasteiger charge is 2.30. The molecule has 27 heavy (non-hydrogen) atoms. The van der Waals surface area contributed by atoms with Crippen molar-refractivity contribution in [3.63, 3.8) is 0 Å². The molecule has 0 saturated carbocycles. The number of aromatic nitrogens is 3. The van der Waals surface area contributed by atoms with Crippen molar-refractivity contribution in [2.24, 2.45) is 0 Å². The number of alkyl halides is 3. The van der Waals surface area contributed by atoms with Gasteiger partial charge in [-0.25, -0.2) is 4.68 Å². The van der Waals surface area contributed by atoms with Gasteiger partial charge in [-0.2, -0.15) is 18.3 Å². The number of pyridine rings is 1. The third kappa shape index (κ3) is 3.01. The molecule has 0 atom stereocenters. The highest BCUT2D eigenvalue weighted by atomic mass is 19.4. The minimum Gasteiger partial charge on any atom is -0.329 e. The van der Waals surface area contributed by atoms with Crippen LogP contribution in [0.4, 0.5) is 13.2 Å². The van der Waals surface area contributed by atoms with Crippen LogP contribution in [0.25, 0.3) is 27.8 Å². The van der Waals surface area contributed by atoms with E-state index in [9.17, 15) is 18.0 Å². The van der Waals surface area contributed by atoms with Gasteiger partial charge in [-0.3, -0.25) is 4.79 Å². The molecule has 0 amide bonds. The predicted molar refractivity (Wildman–Crippen MR) is 96.9 cm³/mol. The van der Waals surface area contributed by atoms with Gasteiger partial charge in [0, 0.05) is 23.2 Å². The maximum absolute atomic E-state index is 12.8. The summed E-state index contributed by atoms with van der Waals surface area (Å²) >= 11 is 0. The summed E-state index contributed by atoms with van der Waals surface area (Å²) in [6.45, 7) is 1.91. The summed E-state index contributed by atoms with van der Waals surface area (Å²) in [5, 5.41) is 5.43. The van der Waals surface area contributed by atoms with Gasteiger partial charge in [0.1, 0.15) is 5.69 Å². The van der Waals surface area contributed by atoms with Gasteiger partial charge in [-0.1, -0.05) is 18.2 Å². The number of para-hydroxylation sites is 1. The van der Waals surface area contributed by atoms with E-state index >= 15 is 0 Å². The molecule has 7 heteroatoms. The fourth-order valence-corrected chi connectivity index (χ4v) is 3.12. The van der Waals surface area contributed by atoms with Crippen LogP contribution in [0, 0.1) is 6.92 Å². The second-order valence-electron chi connectivity index (χ2n) is 6.22. The molecule has 2 aromatic carbocycles. The van der Waals surface area contributed by atoms with Gasteiger partial charge < -0.3 is 4.98 Å². The minimum atomic E-state index is -4.39. The first-order valence-corrected chi connectivity index (χ1v) is 8.20. The van der Waals surface area contributed by atoms with Crippen molar-refractivity contribution in [2.45, 2.75) is 13.1 Å². The lowest BCUT2D eigenvalue weighted by atomic mass is 10.1. The predicted octanol–water partition coefficient (Wildman–Crippen LogP) is 4.71. The normalized spacial score (nSPS) is 11.9. The monoisotopic (exact) mass is 369 g/mol. The van der Waals surface area contributed by atoms with Gasteiger partial charge in [-0.15, -0.1) is 0 Å². The first-order chi connectivity index (χ1) is 12.8. The quantitative estimate of drug-likeness (QED) is 0.556. The van der Waals surface area contributed by atoms with Crippen LogP contribution in [-0.2, 0) is 6.18 Å². The molecule has 2 aromatic heterocycles. The molecule has 0 aliphatic rings. The molecule has 1 N–H and O–H groups in total. The van der Waals surface area contributed by atoms with Crippen molar-refractivity contribution in [1.82, 2.24) is 14.8 Å². The van der Waals surface area contributed by atoms with Crippen LogP contribution >= 0.6 is 0 Å². The summed E-state index contributed by atoms with van der Waals surface area (Å²) in [4.78, 5) is 14.2. The Bertz CT molecular complexity index is 1190. The highest BCUT2D eigenvalue weighted by molar-refractivity contribution is 5.95. The fraction of sp³-hybridized carbons (Fsp3) is 0.100. The zero-order chi connectivity index (χ0) is 19.2. The average molecular weight is 369 g/mol. The summed E-state index contributed by atoms with van der Waals surface area (Å²) in [6.07, 6.45) is -2.85. The zero-order valence-corrected chi connectivity index (χ0v) is 14.2. The van der Waals surface area contributed by atoms with Crippen LogP contribution in [0.2, 0.25) is 0 Å². The van der Waals surface area contributed by atoms with Crippen molar-refractivity contribution < 1.29 is 13.2 Å². The maximum Gasteiger partial charge on any atom is 0.416 e. The van der Waals surface area contributed by atoms with Gasteiger partial charge in [0.2, 0.25) is 5.56 Å². The number of benzene rings is 2. The molecular weight excluding hydrogens is 355 g/mol. The molecule has 2 heterocycles. The largest absolute Gasteiger partial charge is 0.416 e.